The summed E-state index contributed by atoms with van der Waals surface area (Å²) in [5.74, 6) is -0.280. The maximum absolute atomic E-state index is 12.0. The number of urea groups is 1. The molecular weight excluding hydrogens is 350 g/mol. The summed E-state index contributed by atoms with van der Waals surface area (Å²) >= 11 is 0. The summed E-state index contributed by atoms with van der Waals surface area (Å²) < 4.78 is 0. The van der Waals surface area contributed by atoms with Crippen LogP contribution in [0.15, 0.2) is 78.9 Å². The van der Waals surface area contributed by atoms with Crippen LogP contribution in [0.4, 0.5) is 10.5 Å². The van der Waals surface area contributed by atoms with Crippen LogP contribution >= 0.6 is 0 Å². The summed E-state index contributed by atoms with van der Waals surface area (Å²) in [7, 11) is 0. The smallest absolute Gasteiger partial charge is 0.315 e. The van der Waals surface area contributed by atoms with Crippen molar-refractivity contribution >= 4 is 17.6 Å². The molecule has 0 radical (unpaired) electrons. The number of anilines is 1. The van der Waals surface area contributed by atoms with Gasteiger partial charge in [0, 0.05) is 12.2 Å². The van der Waals surface area contributed by atoms with Gasteiger partial charge in [-0.1, -0.05) is 72.3 Å². The summed E-state index contributed by atoms with van der Waals surface area (Å²) in [4.78, 5) is 23.9. The van der Waals surface area contributed by atoms with Gasteiger partial charge in [0.05, 0.1) is 6.54 Å². The molecule has 0 saturated carbocycles. The first-order valence-electron chi connectivity index (χ1n) is 9.13. The number of carbonyl (C=O) groups is 2. The van der Waals surface area contributed by atoms with E-state index < -0.39 is 0 Å². The average molecular weight is 373 g/mol. The Morgan fingerprint density at radius 3 is 2.07 bits per heavy atom. The molecule has 0 fully saturated rings. The monoisotopic (exact) mass is 373 g/mol. The van der Waals surface area contributed by atoms with Gasteiger partial charge in [-0.15, -0.1) is 0 Å². The highest BCUT2D eigenvalue weighted by molar-refractivity contribution is 5.94. The lowest BCUT2D eigenvalue weighted by Gasteiger charge is -2.09. The third-order valence-corrected chi connectivity index (χ3v) is 4.26. The molecule has 3 amide bonds. The van der Waals surface area contributed by atoms with Crippen LogP contribution in [0.2, 0.25) is 0 Å². The fraction of sp³-hybridized carbons (Fsp3) is 0.130. The van der Waals surface area contributed by atoms with Gasteiger partial charge in [0.15, 0.2) is 0 Å². The first-order valence-corrected chi connectivity index (χ1v) is 9.13. The molecule has 0 aliphatic carbocycles. The molecule has 0 saturated heterocycles. The highest BCUT2D eigenvalue weighted by atomic mass is 16.2. The lowest BCUT2D eigenvalue weighted by atomic mass is 10.1. The van der Waals surface area contributed by atoms with Crippen LogP contribution < -0.4 is 16.0 Å². The number of hydrogen-bond donors (Lipinski definition) is 3. The maximum Gasteiger partial charge on any atom is 0.315 e. The first-order chi connectivity index (χ1) is 13.6. The molecule has 0 unspecified atom stereocenters. The van der Waals surface area contributed by atoms with Gasteiger partial charge in [-0.3, -0.25) is 4.79 Å². The number of hydrogen-bond acceptors (Lipinski definition) is 2. The van der Waals surface area contributed by atoms with Crippen molar-refractivity contribution in [1.29, 1.82) is 0 Å². The lowest BCUT2D eigenvalue weighted by Crippen LogP contribution is -2.39. The molecule has 0 aliphatic heterocycles. The average Bonchev–Trinajstić information content (AvgIpc) is 2.73. The summed E-state index contributed by atoms with van der Waals surface area (Å²) in [6.45, 7) is 2.33. The molecule has 0 aliphatic rings. The highest BCUT2D eigenvalue weighted by Gasteiger charge is 2.06. The molecule has 28 heavy (non-hydrogen) atoms. The van der Waals surface area contributed by atoms with Crippen molar-refractivity contribution in [3.05, 3.63) is 90.0 Å². The topological polar surface area (TPSA) is 70.2 Å². The third-order valence-electron chi connectivity index (χ3n) is 4.26. The fourth-order valence-corrected chi connectivity index (χ4v) is 2.69. The number of carbonyl (C=O) groups excluding carboxylic acids is 2. The summed E-state index contributed by atoms with van der Waals surface area (Å²) in [6.07, 6.45) is 0. The zero-order chi connectivity index (χ0) is 19.8. The Kier molecular flexibility index (Phi) is 6.41. The summed E-state index contributed by atoms with van der Waals surface area (Å²) in [5.41, 5.74) is 5.05. The fourth-order valence-electron chi connectivity index (χ4n) is 2.69. The van der Waals surface area contributed by atoms with Gasteiger partial charge in [0.2, 0.25) is 5.91 Å². The number of benzene rings is 3. The van der Waals surface area contributed by atoms with E-state index in [0.29, 0.717) is 12.2 Å². The molecule has 3 aromatic carbocycles. The van der Waals surface area contributed by atoms with E-state index in [1.807, 2.05) is 85.8 Å². The molecule has 0 heterocycles. The number of nitrogens with one attached hydrogen (secondary N) is 3. The van der Waals surface area contributed by atoms with E-state index in [2.05, 4.69) is 16.0 Å². The van der Waals surface area contributed by atoms with E-state index in [1.54, 1.807) is 0 Å². The van der Waals surface area contributed by atoms with E-state index >= 15 is 0 Å². The first kappa shape index (κ1) is 19.2. The Bertz CT molecular complexity index is 920. The van der Waals surface area contributed by atoms with E-state index in [-0.39, 0.29) is 18.5 Å². The zero-order valence-electron chi connectivity index (χ0n) is 15.7. The second-order valence-electron chi connectivity index (χ2n) is 6.51. The van der Waals surface area contributed by atoms with Gasteiger partial charge in [-0.2, -0.15) is 0 Å². The molecular formula is C23H23N3O2. The SMILES string of the molecule is Cc1ccc(CNC(=O)NCC(=O)Nc2ccc(-c3ccccc3)cc2)cc1. The Hall–Kier alpha value is -3.60. The maximum atomic E-state index is 12.0. The van der Waals surface area contributed by atoms with Crippen LogP contribution in [0.25, 0.3) is 11.1 Å². The molecule has 0 aromatic heterocycles. The molecule has 0 atom stereocenters. The van der Waals surface area contributed by atoms with Crippen LogP contribution in [0, 0.1) is 6.92 Å². The predicted octanol–water partition coefficient (Wildman–Crippen LogP) is 4.10. The highest BCUT2D eigenvalue weighted by Crippen LogP contribution is 2.20. The Labute approximate surface area is 164 Å². The van der Waals surface area contributed by atoms with Crippen molar-refractivity contribution in [2.24, 2.45) is 0 Å². The number of aryl methyl sites for hydroxylation is 1. The van der Waals surface area contributed by atoms with Gasteiger partial charge in [0.25, 0.3) is 0 Å². The molecule has 5 nitrogen and oxygen atoms in total. The summed E-state index contributed by atoms with van der Waals surface area (Å²) in [6, 6.07) is 25.1. The Balaban J connectivity index is 1.42. The van der Waals surface area contributed by atoms with Gasteiger partial charge in [-0.05, 0) is 35.7 Å². The molecule has 3 rings (SSSR count). The molecule has 3 N–H and O–H groups in total. The van der Waals surface area contributed by atoms with E-state index in [1.165, 1.54) is 5.56 Å². The Morgan fingerprint density at radius 1 is 0.750 bits per heavy atom. The van der Waals surface area contributed by atoms with Crippen LogP contribution in [0.5, 0.6) is 0 Å². The van der Waals surface area contributed by atoms with Crippen molar-refractivity contribution in [3.8, 4) is 11.1 Å². The van der Waals surface area contributed by atoms with Crippen molar-refractivity contribution < 1.29 is 9.59 Å². The van der Waals surface area contributed by atoms with E-state index in [4.69, 9.17) is 0 Å². The molecule has 3 aromatic rings. The van der Waals surface area contributed by atoms with E-state index in [0.717, 1.165) is 16.7 Å². The normalized spacial score (nSPS) is 10.2. The second-order valence-corrected chi connectivity index (χ2v) is 6.51. The summed E-state index contributed by atoms with van der Waals surface area (Å²) in [5, 5.41) is 8.07. The van der Waals surface area contributed by atoms with Gasteiger partial charge in [-0.25, -0.2) is 4.79 Å². The third kappa shape index (κ3) is 5.71. The number of amides is 3. The van der Waals surface area contributed by atoms with Crippen molar-refractivity contribution in [3.63, 3.8) is 0 Å². The van der Waals surface area contributed by atoms with Crippen LogP contribution in [-0.2, 0) is 11.3 Å². The van der Waals surface area contributed by atoms with E-state index in [9.17, 15) is 9.59 Å². The Morgan fingerprint density at radius 2 is 1.39 bits per heavy atom. The van der Waals surface area contributed by atoms with Crippen molar-refractivity contribution in [2.75, 3.05) is 11.9 Å². The lowest BCUT2D eigenvalue weighted by molar-refractivity contribution is -0.115. The van der Waals surface area contributed by atoms with Crippen LogP contribution in [0.1, 0.15) is 11.1 Å². The predicted molar refractivity (Wildman–Crippen MR) is 112 cm³/mol. The molecule has 0 bridgehead atoms. The minimum Gasteiger partial charge on any atom is -0.334 e. The van der Waals surface area contributed by atoms with Crippen molar-refractivity contribution in [2.45, 2.75) is 13.5 Å². The van der Waals surface area contributed by atoms with Crippen LogP contribution in [0.3, 0.4) is 0 Å². The molecule has 5 heteroatoms. The minimum absolute atomic E-state index is 0.0971. The number of rotatable bonds is 6. The molecule has 142 valence electrons. The van der Waals surface area contributed by atoms with Crippen LogP contribution in [-0.4, -0.2) is 18.5 Å². The minimum atomic E-state index is -0.379. The van der Waals surface area contributed by atoms with Gasteiger partial charge in [0.1, 0.15) is 0 Å². The van der Waals surface area contributed by atoms with Gasteiger partial charge >= 0.3 is 6.03 Å². The zero-order valence-corrected chi connectivity index (χ0v) is 15.7. The second kappa shape index (κ2) is 9.37. The standard InChI is InChI=1S/C23H23N3O2/c1-17-7-9-18(10-8-17)15-24-23(28)25-16-22(27)26-21-13-11-20(12-14-21)19-5-3-2-4-6-19/h2-14H,15-16H2,1H3,(H,26,27)(H2,24,25,28). The van der Waals surface area contributed by atoms with Crippen molar-refractivity contribution in [1.82, 2.24) is 10.6 Å². The van der Waals surface area contributed by atoms with Gasteiger partial charge < -0.3 is 16.0 Å². The largest absolute Gasteiger partial charge is 0.334 e. The quantitative estimate of drug-likeness (QED) is 0.609. The molecule has 0 spiro atoms.